The van der Waals surface area contributed by atoms with Crippen LogP contribution in [-0.4, -0.2) is 43.6 Å². The first-order valence-corrected chi connectivity index (χ1v) is 6.92. The van der Waals surface area contributed by atoms with Gasteiger partial charge in [-0.2, -0.15) is 0 Å². The standard InChI is InChI=1S/C15H23FN2O2/c1-15(2)10-18(8-11(9-19)20-15)14-6-4-5-13(16)12(14)7-17-3/h4-6,11,17,19H,7-10H2,1-3H3. The maximum Gasteiger partial charge on any atom is 0.129 e. The number of benzene rings is 1. The van der Waals surface area contributed by atoms with Gasteiger partial charge in [0.25, 0.3) is 0 Å². The second-order valence-electron chi connectivity index (χ2n) is 5.83. The molecule has 1 aromatic rings. The molecule has 0 bridgehead atoms. The summed E-state index contributed by atoms with van der Waals surface area (Å²) in [6.07, 6.45) is -0.246. The Balaban J connectivity index is 2.32. The molecule has 5 heteroatoms. The summed E-state index contributed by atoms with van der Waals surface area (Å²) in [6.45, 7) is 5.65. The minimum atomic E-state index is -0.366. The average Bonchev–Trinajstić information content (AvgIpc) is 2.39. The molecular weight excluding hydrogens is 259 g/mol. The predicted molar refractivity (Wildman–Crippen MR) is 77.4 cm³/mol. The Labute approximate surface area is 119 Å². The predicted octanol–water partition coefficient (Wildman–Crippen LogP) is 1.52. The third-order valence-corrected chi connectivity index (χ3v) is 3.47. The number of nitrogens with one attached hydrogen (secondary N) is 1. The Hall–Kier alpha value is -1.17. The molecule has 1 fully saturated rings. The average molecular weight is 282 g/mol. The molecule has 2 rings (SSSR count). The third kappa shape index (κ3) is 3.29. The van der Waals surface area contributed by atoms with E-state index in [1.54, 1.807) is 13.1 Å². The van der Waals surface area contributed by atoms with Crippen molar-refractivity contribution in [1.82, 2.24) is 5.32 Å². The van der Waals surface area contributed by atoms with E-state index in [0.717, 1.165) is 5.69 Å². The summed E-state index contributed by atoms with van der Waals surface area (Å²) in [4.78, 5) is 2.10. The molecule has 1 aliphatic rings. The van der Waals surface area contributed by atoms with Crippen LogP contribution in [0.2, 0.25) is 0 Å². The number of aliphatic hydroxyl groups excluding tert-OH is 1. The topological polar surface area (TPSA) is 44.7 Å². The van der Waals surface area contributed by atoms with Crippen molar-refractivity contribution < 1.29 is 14.2 Å². The number of morpholine rings is 1. The minimum absolute atomic E-state index is 0.0311. The van der Waals surface area contributed by atoms with Gasteiger partial charge in [0.2, 0.25) is 0 Å². The summed E-state index contributed by atoms with van der Waals surface area (Å²) in [6, 6.07) is 5.12. The Morgan fingerprint density at radius 2 is 2.25 bits per heavy atom. The van der Waals surface area contributed by atoms with Crippen LogP contribution in [0, 0.1) is 5.82 Å². The number of rotatable bonds is 4. The lowest BCUT2D eigenvalue weighted by Gasteiger charge is -2.44. The van der Waals surface area contributed by atoms with Gasteiger partial charge in [0.05, 0.1) is 18.3 Å². The van der Waals surface area contributed by atoms with E-state index in [2.05, 4.69) is 10.2 Å². The molecule has 1 aromatic carbocycles. The van der Waals surface area contributed by atoms with Crippen molar-refractivity contribution >= 4 is 5.69 Å². The summed E-state index contributed by atoms with van der Waals surface area (Å²) in [5, 5.41) is 12.4. The lowest BCUT2D eigenvalue weighted by Crippen LogP contribution is -2.54. The number of nitrogens with zero attached hydrogens (tertiary/aromatic N) is 1. The molecule has 0 aromatic heterocycles. The molecule has 2 N–H and O–H groups in total. The highest BCUT2D eigenvalue weighted by Crippen LogP contribution is 2.29. The van der Waals surface area contributed by atoms with Gasteiger partial charge in [-0.1, -0.05) is 6.07 Å². The Morgan fingerprint density at radius 1 is 1.50 bits per heavy atom. The zero-order valence-corrected chi connectivity index (χ0v) is 12.3. The van der Waals surface area contributed by atoms with Crippen LogP contribution < -0.4 is 10.2 Å². The molecular formula is C15H23FN2O2. The zero-order chi connectivity index (χ0) is 14.8. The molecule has 0 spiro atoms. The molecule has 0 amide bonds. The molecule has 112 valence electrons. The van der Waals surface area contributed by atoms with E-state index >= 15 is 0 Å². The molecule has 1 unspecified atom stereocenters. The number of ether oxygens (including phenoxy) is 1. The summed E-state index contributed by atoms with van der Waals surface area (Å²) >= 11 is 0. The summed E-state index contributed by atoms with van der Waals surface area (Å²) in [5.41, 5.74) is 1.16. The van der Waals surface area contributed by atoms with Crippen LogP contribution in [-0.2, 0) is 11.3 Å². The van der Waals surface area contributed by atoms with Gasteiger partial charge < -0.3 is 20.1 Å². The van der Waals surface area contributed by atoms with Crippen LogP contribution in [0.4, 0.5) is 10.1 Å². The van der Waals surface area contributed by atoms with Gasteiger partial charge in [-0.15, -0.1) is 0 Å². The van der Waals surface area contributed by atoms with Gasteiger partial charge >= 0.3 is 0 Å². The lowest BCUT2D eigenvalue weighted by molar-refractivity contribution is -0.101. The maximum absolute atomic E-state index is 14.0. The van der Waals surface area contributed by atoms with Crippen molar-refractivity contribution in [3.8, 4) is 0 Å². The molecule has 20 heavy (non-hydrogen) atoms. The Bertz CT molecular complexity index is 465. The van der Waals surface area contributed by atoms with E-state index in [1.807, 2.05) is 19.9 Å². The molecule has 1 atom stereocenters. The van der Waals surface area contributed by atoms with Gasteiger partial charge in [-0.3, -0.25) is 0 Å². The highest BCUT2D eigenvalue weighted by atomic mass is 19.1. The summed E-state index contributed by atoms with van der Waals surface area (Å²) in [5.74, 6) is -0.207. The van der Waals surface area contributed by atoms with Gasteiger partial charge in [0.1, 0.15) is 5.82 Å². The maximum atomic E-state index is 14.0. The minimum Gasteiger partial charge on any atom is -0.394 e. The number of aliphatic hydroxyl groups is 1. The first kappa shape index (κ1) is 15.2. The lowest BCUT2D eigenvalue weighted by atomic mass is 10.0. The number of halogens is 1. The van der Waals surface area contributed by atoms with Gasteiger partial charge in [-0.25, -0.2) is 4.39 Å². The van der Waals surface area contributed by atoms with Crippen LogP contribution in [0.3, 0.4) is 0 Å². The zero-order valence-electron chi connectivity index (χ0n) is 12.3. The second kappa shape index (κ2) is 6.08. The van der Waals surface area contributed by atoms with Crippen LogP contribution >= 0.6 is 0 Å². The molecule has 4 nitrogen and oxygen atoms in total. The molecule has 0 saturated carbocycles. The van der Waals surface area contributed by atoms with E-state index in [1.165, 1.54) is 6.07 Å². The van der Waals surface area contributed by atoms with Crippen molar-refractivity contribution in [3.63, 3.8) is 0 Å². The smallest absolute Gasteiger partial charge is 0.129 e. The van der Waals surface area contributed by atoms with E-state index in [9.17, 15) is 9.50 Å². The molecule has 0 aliphatic carbocycles. The highest BCUT2D eigenvalue weighted by Gasteiger charge is 2.34. The van der Waals surface area contributed by atoms with Crippen molar-refractivity contribution in [2.75, 3.05) is 31.6 Å². The fourth-order valence-electron chi connectivity index (χ4n) is 2.77. The fourth-order valence-corrected chi connectivity index (χ4v) is 2.77. The molecule has 1 heterocycles. The molecule has 1 aliphatic heterocycles. The first-order chi connectivity index (χ1) is 9.46. The largest absolute Gasteiger partial charge is 0.394 e. The number of anilines is 1. The van der Waals surface area contributed by atoms with Gasteiger partial charge in [0, 0.05) is 30.9 Å². The van der Waals surface area contributed by atoms with Crippen LogP contribution in [0.1, 0.15) is 19.4 Å². The van der Waals surface area contributed by atoms with E-state index in [4.69, 9.17) is 4.74 Å². The van der Waals surface area contributed by atoms with E-state index in [-0.39, 0.29) is 24.1 Å². The quantitative estimate of drug-likeness (QED) is 0.879. The summed E-state index contributed by atoms with van der Waals surface area (Å²) in [7, 11) is 1.80. The highest BCUT2D eigenvalue weighted by molar-refractivity contribution is 5.55. The monoisotopic (exact) mass is 282 g/mol. The fraction of sp³-hybridized carbons (Fsp3) is 0.600. The molecule has 0 radical (unpaired) electrons. The molecule has 1 saturated heterocycles. The summed E-state index contributed by atoms with van der Waals surface area (Å²) < 4.78 is 19.8. The Morgan fingerprint density at radius 3 is 2.90 bits per heavy atom. The van der Waals surface area contributed by atoms with Crippen LogP contribution in [0.5, 0.6) is 0 Å². The number of hydrogen-bond acceptors (Lipinski definition) is 4. The van der Waals surface area contributed by atoms with Crippen molar-refractivity contribution in [2.45, 2.75) is 32.1 Å². The SMILES string of the molecule is CNCc1c(F)cccc1N1CC(CO)OC(C)(C)C1. The number of hydrogen-bond donors (Lipinski definition) is 2. The Kier molecular flexibility index (Phi) is 4.62. The van der Waals surface area contributed by atoms with E-state index in [0.29, 0.717) is 25.2 Å². The third-order valence-electron chi connectivity index (χ3n) is 3.47. The van der Waals surface area contributed by atoms with Gasteiger partial charge in [0.15, 0.2) is 0 Å². The normalized spacial score (nSPS) is 22.1. The van der Waals surface area contributed by atoms with Crippen molar-refractivity contribution in [1.29, 1.82) is 0 Å². The second-order valence-corrected chi connectivity index (χ2v) is 5.83. The van der Waals surface area contributed by atoms with Crippen molar-refractivity contribution in [3.05, 3.63) is 29.6 Å². The van der Waals surface area contributed by atoms with Crippen molar-refractivity contribution in [2.24, 2.45) is 0 Å². The van der Waals surface area contributed by atoms with Crippen LogP contribution in [0.15, 0.2) is 18.2 Å². The van der Waals surface area contributed by atoms with E-state index < -0.39 is 0 Å². The van der Waals surface area contributed by atoms with Crippen LogP contribution in [0.25, 0.3) is 0 Å². The first-order valence-electron chi connectivity index (χ1n) is 6.92. The van der Waals surface area contributed by atoms with Gasteiger partial charge in [-0.05, 0) is 33.0 Å².